The first-order valence-corrected chi connectivity index (χ1v) is 2.46. The Morgan fingerprint density at radius 1 is 2.00 bits per heavy atom. The summed E-state index contributed by atoms with van der Waals surface area (Å²) in [5.74, 6) is -0.230. The average Bonchev–Trinajstić information content (AvgIpc) is 1.82. The number of hydrogen-bond donors (Lipinski definition) is 0. The molecule has 0 spiro atoms. The number of Topliss-reactive ketones (excluding diaryl/α,β-unsaturated/α-hetero) is 1. The molecule has 0 bridgehead atoms. The minimum absolute atomic E-state index is 0.0127. The fourth-order valence-corrected chi connectivity index (χ4v) is 0.367. The molecule has 1 unspecified atom stereocenters. The van der Waals surface area contributed by atoms with E-state index in [2.05, 4.69) is 4.85 Å². The Hall–Kier alpha value is -1.35. The van der Waals surface area contributed by atoms with E-state index in [1.807, 2.05) is 0 Å². The van der Waals surface area contributed by atoms with Gasteiger partial charge in [-0.2, -0.15) is 5.26 Å². The Kier molecular flexibility index (Phi) is 3.08. The lowest BCUT2D eigenvalue weighted by molar-refractivity contribution is -0.117. The first kappa shape index (κ1) is 7.65. The van der Waals surface area contributed by atoms with Crippen molar-refractivity contribution in [2.45, 2.75) is 19.4 Å². The lowest BCUT2D eigenvalue weighted by atomic mass is 10.2. The van der Waals surface area contributed by atoms with E-state index in [0.29, 0.717) is 0 Å². The summed E-state index contributed by atoms with van der Waals surface area (Å²) in [4.78, 5) is 13.4. The molecule has 0 aliphatic rings. The first-order valence-electron chi connectivity index (χ1n) is 2.46. The molecular weight excluding hydrogens is 116 g/mol. The number of nitriles is 1. The maximum Gasteiger partial charge on any atom is 0.293 e. The van der Waals surface area contributed by atoms with Crippen LogP contribution in [-0.4, -0.2) is 11.8 Å². The van der Waals surface area contributed by atoms with Gasteiger partial charge in [0.05, 0.1) is 6.07 Å². The molecule has 9 heavy (non-hydrogen) atoms. The molecule has 0 radical (unpaired) electrons. The molecule has 0 aliphatic heterocycles. The van der Waals surface area contributed by atoms with E-state index in [9.17, 15) is 4.79 Å². The van der Waals surface area contributed by atoms with E-state index in [0.717, 1.165) is 0 Å². The van der Waals surface area contributed by atoms with Crippen molar-refractivity contribution >= 4 is 5.78 Å². The van der Waals surface area contributed by atoms with Gasteiger partial charge < -0.3 is 4.85 Å². The summed E-state index contributed by atoms with van der Waals surface area (Å²) < 4.78 is 0. The van der Waals surface area contributed by atoms with Gasteiger partial charge in [0.15, 0.2) is 0 Å². The average molecular weight is 122 g/mol. The van der Waals surface area contributed by atoms with Crippen LogP contribution in [0.4, 0.5) is 0 Å². The molecule has 0 aromatic carbocycles. The summed E-state index contributed by atoms with van der Waals surface area (Å²) >= 11 is 0. The van der Waals surface area contributed by atoms with Crippen LogP contribution in [0.2, 0.25) is 0 Å². The van der Waals surface area contributed by atoms with E-state index < -0.39 is 6.04 Å². The molecule has 0 heterocycles. The van der Waals surface area contributed by atoms with Gasteiger partial charge in [0.1, 0.15) is 6.42 Å². The third-order valence-electron chi connectivity index (χ3n) is 0.910. The number of nitrogens with zero attached hydrogens (tertiary/aromatic N) is 2. The van der Waals surface area contributed by atoms with Gasteiger partial charge in [-0.05, 0) is 0 Å². The zero-order valence-electron chi connectivity index (χ0n) is 5.09. The van der Waals surface area contributed by atoms with E-state index >= 15 is 0 Å². The van der Waals surface area contributed by atoms with Crippen molar-refractivity contribution < 1.29 is 4.79 Å². The molecule has 0 rings (SSSR count). The second kappa shape index (κ2) is 3.63. The summed E-state index contributed by atoms with van der Waals surface area (Å²) in [7, 11) is 0. The monoisotopic (exact) mass is 122 g/mol. The zero-order chi connectivity index (χ0) is 7.28. The van der Waals surface area contributed by atoms with Crippen LogP contribution in [0.1, 0.15) is 13.3 Å². The summed E-state index contributed by atoms with van der Waals surface area (Å²) in [5, 5.41) is 8.07. The normalized spacial score (nSPS) is 11.0. The van der Waals surface area contributed by atoms with Gasteiger partial charge in [0, 0.05) is 6.92 Å². The maximum absolute atomic E-state index is 10.4. The highest BCUT2D eigenvalue weighted by Gasteiger charge is 2.16. The van der Waals surface area contributed by atoms with E-state index in [-0.39, 0.29) is 12.2 Å². The van der Waals surface area contributed by atoms with Crippen molar-refractivity contribution in [1.82, 2.24) is 0 Å². The molecule has 0 fully saturated rings. The van der Waals surface area contributed by atoms with Gasteiger partial charge in [-0.3, -0.25) is 4.79 Å². The van der Waals surface area contributed by atoms with E-state index in [1.54, 1.807) is 6.07 Å². The summed E-state index contributed by atoms with van der Waals surface area (Å²) in [5.41, 5.74) is 0. The van der Waals surface area contributed by atoms with Crippen LogP contribution < -0.4 is 0 Å². The molecule has 46 valence electrons. The zero-order valence-corrected chi connectivity index (χ0v) is 5.09. The largest absolute Gasteiger partial charge is 0.304 e. The summed E-state index contributed by atoms with van der Waals surface area (Å²) in [6.07, 6.45) is 0.0127. The van der Waals surface area contributed by atoms with Crippen LogP contribution in [0, 0.1) is 17.9 Å². The van der Waals surface area contributed by atoms with Crippen LogP contribution in [0.25, 0.3) is 4.85 Å². The predicted molar refractivity (Wildman–Crippen MR) is 31.3 cm³/mol. The number of rotatable bonds is 2. The minimum Gasteiger partial charge on any atom is -0.304 e. The molecule has 0 aromatic rings. The molecule has 3 nitrogen and oxygen atoms in total. The van der Waals surface area contributed by atoms with Crippen molar-refractivity contribution in [3.8, 4) is 6.07 Å². The van der Waals surface area contributed by atoms with Gasteiger partial charge in [0.2, 0.25) is 5.78 Å². The lowest BCUT2D eigenvalue weighted by Crippen LogP contribution is -2.11. The molecule has 0 amide bonds. The second-order valence-electron chi connectivity index (χ2n) is 1.62. The summed E-state index contributed by atoms with van der Waals surface area (Å²) in [6.45, 7) is 7.77. The van der Waals surface area contributed by atoms with Crippen LogP contribution in [0.15, 0.2) is 0 Å². The van der Waals surface area contributed by atoms with E-state index in [1.165, 1.54) is 6.92 Å². The molecule has 0 aliphatic carbocycles. The number of ketones is 1. The van der Waals surface area contributed by atoms with Crippen LogP contribution in [-0.2, 0) is 4.79 Å². The Morgan fingerprint density at radius 3 is 2.67 bits per heavy atom. The van der Waals surface area contributed by atoms with Gasteiger partial charge in [-0.25, -0.2) is 6.57 Å². The van der Waals surface area contributed by atoms with Crippen LogP contribution >= 0.6 is 0 Å². The topological polar surface area (TPSA) is 45.2 Å². The lowest BCUT2D eigenvalue weighted by Gasteiger charge is -1.90. The standard InChI is InChI=1S/C6H6N2O/c1-5(9)6(8-2)3-4-7/h6H,3H2,1H3. The Balaban J connectivity index is 3.91. The van der Waals surface area contributed by atoms with Gasteiger partial charge in [0.25, 0.3) is 6.04 Å². The maximum atomic E-state index is 10.4. The SMILES string of the molecule is [C-]#[N+]C(CC#N)C(C)=O. The predicted octanol–water partition coefficient (Wildman–Crippen LogP) is 0.777. The minimum atomic E-state index is -0.741. The molecular formula is C6H6N2O. The highest BCUT2D eigenvalue weighted by Crippen LogP contribution is 1.96. The van der Waals surface area contributed by atoms with E-state index in [4.69, 9.17) is 11.8 Å². The number of hydrogen-bond acceptors (Lipinski definition) is 2. The van der Waals surface area contributed by atoms with Crippen molar-refractivity contribution in [1.29, 1.82) is 5.26 Å². The molecule has 0 saturated carbocycles. The first-order chi connectivity index (χ1) is 4.22. The van der Waals surface area contributed by atoms with Crippen molar-refractivity contribution in [3.63, 3.8) is 0 Å². The highest BCUT2D eigenvalue weighted by molar-refractivity contribution is 5.83. The highest BCUT2D eigenvalue weighted by atomic mass is 16.1. The fraction of sp³-hybridized carbons (Fsp3) is 0.500. The Morgan fingerprint density at radius 2 is 2.56 bits per heavy atom. The van der Waals surface area contributed by atoms with Gasteiger partial charge in [-0.1, -0.05) is 0 Å². The fourth-order valence-electron chi connectivity index (χ4n) is 0.367. The number of carbonyl (C=O) groups is 1. The number of carbonyl (C=O) groups excluding carboxylic acids is 1. The second-order valence-corrected chi connectivity index (χ2v) is 1.62. The molecule has 1 atom stereocenters. The quantitative estimate of drug-likeness (QED) is 0.508. The third kappa shape index (κ3) is 2.46. The van der Waals surface area contributed by atoms with Gasteiger partial charge in [-0.15, -0.1) is 0 Å². The summed E-state index contributed by atoms with van der Waals surface area (Å²) in [6, 6.07) is 1.02. The van der Waals surface area contributed by atoms with Crippen LogP contribution in [0.3, 0.4) is 0 Å². The molecule has 0 saturated heterocycles. The third-order valence-corrected chi connectivity index (χ3v) is 0.910. The Bertz CT molecular complexity index is 184. The van der Waals surface area contributed by atoms with Crippen LogP contribution in [0.5, 0.6) is 0 Å². The molecule has 0 aromatic heterocycles. The van der Waals surface area contributed by atoms with Crippen molar-refractivity contribution in [2.24, 2.45) is 0 Å². The van der Waals surface area contributed by atoms with Gasteiger partial charge >= 0.3 is 0 Å². The Labute approximate surface area is 53.7 Å². The molecule has 3 heteroatoms. The van der Waals surface area contributed by atoms with Crippen molar-refractivity contribution in [3.05, 3.63) is 11.4 Å². The smallest absolute Gasteiger partial charge is 0.293 e. The van der Waals surface area contributed by atoms with Crippen molar-refractivity contribution in [2.75, 3.05) is 0 Å². The molecule has 0 N–H and O–H groups in total.